The Morgan fingerprint density at radius 2 is 2.33 bits per heavy atom. The highest BCUT2D eigenvalue weighted by Gasteiger charge is 2.16. The minimum absolute atomic E-state index is 0.0682. The van der Waals surface area contributed by atoms with Crippen LogP contribution in [0, 0.1) is 5.82 Å². The van der Waals surface area contributed by atoms with Gasteiger partial charge in [0.2, 0.25) is 0 Å². The minimum atomic E-state index is -0.859. The highest BCUT2D eigenvalue weighted by atomic mass is 19.1. The lowest BCUT2D eigenvalue weighted by Crippen LogP contribution is -2.15. The summed E-state index contributed by atoms with van der Waals surface area (Å²) in [5, 5.41) is 9.57. The fourth-order valence-electron chi connectivity index (χ4n) is 1.60. The molecule has 80 valence electrons. The van der Waals surface area contributed by atoms with Gasteiger partial charge >= 0.3 is 0 Å². The van der Waals surface area contributed by atoms with E-state index < -0.39 is 11.9 Å². The van der Waals surface area contributed by atoms with Crippen molar-refractivity contribution < 1.29 is 9.50 Å². The number of para-hydroxylation sites is 1. The molecule has 1 unspecified atom stereocenters. The number of hydrogen-bond acceptors (Lipinski definition) is 3. The van der Waals surface area contributed by atoms with E-state index in [4.69, 9.17) is 5.73 Å². The fourth-order valence-corrected chi connectivity index (χ4v) is 1.60. The smallest absolute Gasteiger partial charge is 0.151 e. The summed E-state index contributed by atoms with van der Waals surface area (Å²) < 4.78 is 15.0. The topological polar surface area (TPSA) is 64.1 Å². The van der Waals surface area contributed by atoms with Gasteiger partial charge in [0.05, 0.1) is 5.52 Å². The van der Waals surface area contributed by atoms with Crippen molar-refractivity contribution in [1.82, 2.24) is 9.55 Å². The molecule has 4 nitrogen and oxygen atoms in total. The largest absolute Gasteiger partial charge is 0.384 e. The average molecular weight is 209 g/mol. The lowest BCUT2D eigenvalue weighted by Gasteiger charge is -2.06. The molecule has 0 aliphatic carbocycles. The summed E-state index contributed by atoms with van der Waals surface area (Å²) in [4.78, 5) is 4.04. The maximum atomic E-state index is 13.4. The Balaban J connectivity index is 2.69. The summed E-state index contributed by atoms with van der Waals surface area (Å²) in [6.07, 6.45) is -0.859. The van der Waals surface area contributed by atoms with Crippen molar-refractivity contribution >= 4 is 11.0 Å². The van der Waals surface area contributed by atoms with E-state index in [0.717, 1.165) is 0 Å². The molecule has 15 heavy (non-hydrogen) atoms. The number of hydrogen-bond donors (Lipinski definition) is 2. The van der Waals surface area contributed by atoms with Crippen molar-refractivity contribution in [2.75, 3.05) is 6.54 Å². The molecule has 1 heterocycles. The standard InChI is InChI=1S/C10H12FN3O/c1-14-7-4-2-3-6(11)9(7)13-10(14)8(15)5-12/h2-4,8,15H,5,12H2,1H3. The second-order valence-electron chi connectivity index (χ2n) is 3.39. The SMILES string of the molecule is Cn1c(C(O)CN)nc2c(F)cccc21. The van der Waals surface area contributed by atoms with Gasteiger partial charge in [0, 0.05) is 13.6 Å². The van der Waals surface area contributed by atoms with Gasteiger partial charge in [-0.15, -0.1) is 0 Å². The summed E-state index contributed by atoms with van der Waals surface area (Å²) in [5.74, 6) is -0.00354. The molecular weight excluding hydrogens is 197 g/mol. The molecule has 0 amide bonds. The van der Waals surface area contributed by atoms with Gasteiger partial charge in [0.15, 0.2) is 5.82 Å². The van der Waals surface area contributed by atoms with E-state index in [-0.39, 0.29) is 12.1 Å². The summed E-state index contributed by atoms with van der Waals surface area (Å²) in [6, 6.07) is 4.70. The summed E-state index contributed by atoms with van der Waals surface area (Å²) in [5.41, 5.74) is 6.25. The van der Waals surface area contributed by atoms with Crippen molar-refractivity contribution in [2.24, 2.45) is 12.8 Å². The molecule has 0 spiro atoms. The Morgan fingerprint density at radius 3 is 2.93 bits per heavy atom. The normalized spacial score (nSPS) is 13.3. The zero-order valence-electron chi connectivity index (χ0n) is 8.31. The maximum absolute atomic E-state index is 13.4. The van der Waals surface area contributed by atoms with Crippen LogP contribution in [0.15, 0.2) is 18.2 Å². The number of imidazole rings is 1. The van der Waals surface area contributed by atoms with Crippen LogP contribution < -0.4 is 5.73 Å². The van der Waals surface area contributed by atoms with Crippen molar-refractivity contribution in [2.45, 2.75) is 6.10 Å². The molecule has 0 aliphatic rings. The third-order valence-electron chi connectivity index (χ3n) is 2.42. The molecule has 0 saturated carbocycles. The Hall–Kier alpha value is -1.46. The van der Waals surface area contributed by atoms with Crippen LogP contribution in [0.2, 0.25) is 0 Å². The van der Waals surface area contributed by atoms with Gasteiger partial charge in [-0.1, -0.05) is 6.07 Å². The van der Waals surface area contributed by atoms with Gasteiger partial charge in [-0.2, -0.15) is 0 Å². The van der Waals surface area contributed by atoms with Gasteiger partial charge in [-0.3, -0.25) is 0 Å². The Morgan fingerprint density at radius 1 is 1.60 bits per heavy atom. The van der Waals surface area contributed by atoms with Gasteiger partial charge < -0.3 is 15.4 Å². The van der Waals surface area contributed by atoms with E-state index in [1.165, 1.54) is 6.07 Å². The van der Waals surface area contributed by atoms with Gasteiger partial charge in [0.25, 0.3) is 0 Å². The highest BCUT2D eigenvalue weighted by molar-refractivity contribution is 5.76. The van der Waals surface area contributed by atoms with Crippen molar-refractivity contribution in [3.8, 4) is 0 Å². The number of nitrogens with zero attached hydrogens (tertiary/aromatic N) is 2. The second kappa shape index (κ2) is 3.60. The van der Waals surface area contributed by atoms with E-state index >= 15 is 0 Å². The Bertz CT molecular complexity index is 495. The number of aryl methyl sites for hydroxylation is 1. The zero-order chi connectivity index (χ0) is 11.0. The number of rotatable bonds is 2. The number of aromatic nitrogens is 2. The van der Waals surface area contributed by atoms with Crippen LogP contribution in [0.4, 0.5) is 4.39 Å². The van der Waals surface area contributed by atoms with E-state index in [2.05, 4.69) is 4.98 Å². The molecule has 3 N–H and O–H groups in total. The molecule has 0 radical (unpaired) electrons. The van der Waals surface area contributed by atoms with Crippen LogP contribution in [-0.4, -0.2) is 21.2 Å². The molecule has 0 fully saturated rings. The number of aliphatic hydroxyl groups is 1. The predicted molar refractivity (Wildman–Crippen MR) is 54.7 cm³/mol. The number of halogens is 1. The first kappa shape index (κ1) is 10.1. The molecule has 2 rings (SSSR count). The van der Waals surface area contributed by atoms with Crippen LogP contribution in [0.3, 0.4) is 0 Å². The first-order chi connectivity index (χ1) is 7.15. The summed E-state index contributed by atoms with van der Waals surface area (Å²) in [7, 11) is 1.73. The molecular formula is C10H12FN3O. The number of benzene rings is 1. The van der Waals surface area contributed by atoms with Crippen LogP contribution in [0.25, 0.3) is 11.0 Å². The van der Waals surface area contributed by atoms with E-state index in [1.807, 2.05) is 0 Å². The van der Waals surface area contributed by atoms with Gasteiger partial charge in [0.1, 0.15) is 17.4 Å². The van der Waals surface area contributed by atoms with Crippen molar-refractivity contribution in [3.05, 3.63) is 29.8 Å². The first-order valence-electron chi connectivity index (χ1n) is 4.64. The zero-order valence-corrected chi connectivity index (χ0v) is 8.31. The van der Waals surface area contributed by atoms with Crippen molar-refractivity contribution in [3.63, 3.8) is 0 Å². The van der Waals surface area contributed by atoms with Crippen LogP contribution in [0.5, 0.6) is 0 Å². The Labute approximate surface area is 86.1 Å². The van der Waals surface area contributed by atoms with Crippen LogP contribution in [0.1, 0.15) is 11.9 Å². The van der Waals surface area contributed by atoms with Crippen LogP contribution >= 0.6 is 0 Å². The predicted octanol–water partition coefficient (Wildman–Crippen LogP) is 0.705. The van der Waals surface area contributed by atoms with Crippen molar-refractivity contribution in [1.29, 1.82) is 0 Å². The molecule has 0 aliphatic heterocycles. The highest BCUT2D eigenvalue weighted by Crippen LogP contribution is 2.21. The summed E-state index contributed by atoms with van der Waals surface area (Å²) >= 11 is 0. The fraction of sp³-hybridized carbons (Fsp3) is 0.300. The molecule has 2 aromatic rings. The average Bonchev–Trinajstić information content (AvgIpc) is 2.57. The quantitative estimate of drug-likeness (QED) is 0.765. The lowest BCUT2D eigenvalue weighted by molar-refractivity contribution is 0.174. The molecule has 5 heteroatoms. The molecule has 1 aromatic heterocycles. The van der Waals surface area contributed by atoms with Gasteiger partial charge in [-0.05, 0) is 12.1 Å². The second-order valence-corrected chi connectivity index (χ2v) is 3.39. The minimum Gasteiger partial charge on any atom is -0.384 e. The third-order valence-corrected chi connectivity index (χ3v) is 2.42. The molecule has 1 atom stereocenters. The third kappa shape index (κ3) is 1.49. The molecule has 0 bridgehead atoms. The monoisotopic (exact) mass is 209 g/mol. The van der Waals surface area contributed by atoms with E-state index in [1.54, 1.807) is 23.7 Å². The maximum Gasteiger partial charge on any atom is 0.151 e. The summed E-state index contributed by atoms with van der Waals surface area (Å²) in [6.45, 7) is 0.0682. The number of fused-ring (bicyclic) bond motifs is 1. The number of aliphatic hydroxyl groups excluding tert-OH is 1. The molecule has 0 saturated heterocycles. The number of nitrogens with two attached hydrogens (primary N) is 1. The van der Waals surface area contributed by atoms with Gasteiger partial charge in [-0.25, -0.2) is 9.37 Å². The molecule has 1 aromatic carbocycles. The first-order valence-corrected chi connectivity index (χ1v) is 4.64. The lowest BCUT2D eigenvalue weighted by atomic mass is 10.3. The van der Waals surface area contributed by atoms with E-state index in [0.29, 0.717) is 11.3 Å². The Kier molecular flexibility index (Phi) is 2.42. The van der Waals surface area contributed by atoms with E-state index in [9.17, 15) is 9.50 Å². The van der Waals surface area contributed by atoms with Crippen LogP contribution in [-0.2, 0) is 7.05 Å².